The fourth-order valence-electron chi connectivity index (χ4n) is 1.55. The van der Waals surface area contributed by atoms with Crippen LogP contribution in [0.5, 0.6) is 5.75 Å². The van der Waals surface area contributed by atoms with Crippen molar-refractivity contribution < 1.29 is 14.6 Å². The predicted octanol–water partition coefficient (Wildman–Crippen LogP) is 1.22. The summed E-state index contributed by atoms with van der Waals surface area (Å²) in [6.07, 6.45) is 0.230. The summed E-state index contributed by atoms with van der Waals surface area (Å²) in [6, 6.07) is 9.60. The quantitative estimate of drug-likeness (QED) is 0.769. The van der Waals surface area contributed by atoms with Gasteiger partial charge in [-0.15, -0.1) is 0 Å². The molecule has 1 heterocycles. The molecule has 14 heavy (non-hydrogen) atoms. The molecule has 0 saturated carbocycles. The maximum Gasteiger partial charge on any atom is 0.124 e. The summed E-state index contributed by atoms with van der Waals surface area (Å²) in [5.41, 5.74) is 0. The van der Waals surface area contributed by atoms with Gasteiger partial charge < -0.3 is 14.6 Å². The number of para-hydroxylation sites is 1. The van der Waals surface area contributed by atoms with Crippen LogP contribution in [0.3, 0.4) is 0 Å². The van der Waals surface area contributed by atoms with Gasteiger partial charge in [0.1, 0.15) is 11.9 Å². The van der Waals surface area contributed by atoms with Gasteiger partial charge in [0, 0.05) is 6.42 Å². The van der Waals surface area contributed by atoms with Crippen molar-refractivity contribution in [1.29, 1.82) is 0 Å². The van der Waals surface area contributed by atoms with Crippen LogP contribution < -0.4 is 4.74 Å². The summed E-state index contributed by atoms with van der Waals surface area (Å²) >= 11 is 0. The van der Waals surface area contributed by atoms with Gasteiger partial charge in [-0.25, -0.2) is 0 Å². The van der Waals surface area contributed by atoms with E-state index in [1.54, 1.807) is 0 Å². The molecule has 3 heteroatoms. The molecule has 1 aromatic rings. The Kier molecular flexibility index (Phi) is 3.01. The topological polar surface area (TPSA) is 38.7 Å². The van der Waals surface area contributed by atoms with Gasteiger partial charge in [0.15, 0.2) is 0 Å². The molecule has 1 saturated heterocycles. The van der Waals surface area contributed by atoms with Crippen molar-refractivity contribution in [3.05, 3.63) is 30.3 Å². The Morgan fingerprint density at radius 1 is 1.21 bits per heavy atom. The highest BCUT2D eigenvalue weighted by Gasteiger charge is 2.21. The fraction of sp³-hybridized carbons (Fsp3) is 0.455. The van der Waals surface area contributed by atoms with Crippen molar-refractivity contribution in [3.63, 3.8) is 0 Å². The molecule has 0 amide bonds. The van der Waals surface area contributed by atoms with Gasteiger partial charge in [-0.3, -0.25) is 0 Å². The zero-order valence-corrected chi connectivity index (χ0v) is 7.93. The van der Waals surface area contributed by atoms with Gasteiger partial charge in [-0.05, 0) is 12.1 Å². The standard InChI is InChI=1S/C11H14O3/c12-9-6-11(8-13-7-9)14-10-4-2-1-3-5-10/h1-5,9,11-12H,6-8H2. The maximum atomic E-state index is 9.35. The molecule has 1 fully saturated rings. The minimum atomic E-state index is -0.391. The van der Waals surface area contributed by atoms with Gasteiger partial charge >= 0.3 is 0 Å². The van der Waals surface area contributed by atoms with E-state index >= 15 is 0 Å². The first-order chi connectivity index (χ1) is 6.84. The lowest BCUT2D eigenvalue weighted by molar-refractivity contribution is -0.0627. The van der Waals surface area contributed by atoms with Crippen molar-refractivity contribution in [2.75, 3.05) is 13.2 Å². The second-order valence-electron chi connectivity index (χ2n) is 3.48. The van der Waals surface area contributed by atoms with Crippen LogP contribution in [0, 0.1) is 0 Å². The Balaban J connectivity index is 1.91. The second kappa shape index (κ2) is 4.44. The van der Waals surface area contributed by atoms with Crippen LogP contribution in [0.4, 0.5) is 0 Å². The van der Waals surface area contributed by atoms with Gasteiger partial charge in [0.05, 0.1) is 19.3 Å². The highest BCUT2D eigenvalue weighted by molar-refractivity contribution is 5.21. The molecule has 1 aliphatic rings. The van der Waals surface area contributed by atoms with Crippen LogP contribution >= 0.6 is 0 Å². The summed E-state index contributed by atoms with van der Waals surface area (Å²) in [5.74, 6) is 0.829. The third kappa shape index (κ3) is 2.47. The van der Waals surface area contributed by atoms with Gasteiger partial charge in [-0.1, -0.05) is 18.2 Å². The molecule has 2 rings (SSSR count). The summed E-state index contributed by atoms with van der Waals surface area (Å²) in [7, 11) is 0. The molecule has 1 aliphatic heterocycles. The molecule has 3 nitrogen and oxygen atoms in total. The molecule has 2 unspecified atom stereocenters. The van der Waals surface area contributed by atoms with Gasteiger partial charge in [0.25, 0.3) is 0 Å². The average Bonchev–Trinajstić information content (AvgIpc) is 2.19. The maximum absolute atomic E-state index is 9.35. The minimum Gasteiger partial charge on any atom is -0.488 e. The number of ether oxygens (including phenoxy) is 2. The van der Waals surface area contributed by atoms with Gasteiger partial charge in [-0.2, -0.15) is 0 Å². The van der Waals surface area contributed by atoms with E-state index in [1.165, 1.54) is 0 Å². The lowest BCUT2D eigenvalue weighted by atomic mass is 10.1. The molecule has 76 valence electrons. The highest BCUT2D eigenvalue weighted by atomic mass is 16.5. The summed E-state index contributed by atoms with van der Waals surface area (Å²) < 4.78 is 10.8. The van der Waals surface area contributed by atoms with Crippen molar-refractivity contribution in [1.82, 2.24) is 0 Å². The van der Waals surface area contributed by atoms with E-state index in [0.717, 1.165) is 5.75 Å². The number of benzene rings is 1. The fourth-order valence-corrected chi connectivity index (χ4v) is 1.55. The Morgan fingerprint density at radius 2 is 2.00 bits per heavy atom. The van der Waals surface area contributed by atoms with Crippen LogP contribution in [0.2, 0.25) is 0 Å². The van der Waals surface area contributed by atoms with Crippen molar-refractivity contribution in [2.24, 2.45) is 0 Å². The average molecular weight is 194 g/mol. The molecule has 1 aromatic carbocycles. The van der Waals surface area contributed by atoms with Crippen molar-refractivity contribution >= 4 is 0 Å². The largest absolute Gasteiger partial charge is 0.488 e. The molecule has 0 aliphatic carbocycles. The molecule has 0 bridgehead atoms. The zero-order valence-electron chi connectivity index (χ0n) is 7.93. The summed E-state index contributed by atoms with van der Waals surface area (Å²) in [6.45, 7) is 0.987. The van der Waals surface area contributed by atoms with Crippen molar-refractivity contribution in [3.8, 4) is 5.75 Å². The smallest absolute Gasteiger partial charge is 0.124 e. The Bertz CT molecular complexity index is 273. The first-order valence-electron chi connectivity index (χ1n) is 4.82. The van der Waals surface area contributed by atoms with Crippen LogP contribution in [-0.2, 0) is 4.74 Å². The third-order valence-corrected chi connectivity index (χ3v) is 2.19. The molecule has 2 atom stereocenters. The third-order valence-electron chi connectivity index (χ3n) is 2.19. The Hall–Kier alpha value is -1.06. The number of rotatable bonds is 2. The lowest BCUT2D eigenvalue weighted by Crippen LogP contribution is -2.36. The first-order valence-corrected chi connectivity index (χ1v) is 4.82. The van der Waals surface area contributed by atoms with Gasteiger partial charge in [0.2, 0.25) is 0 Å². The Labute approximate surface area is 83.3 Å². The van der Waals surface area contributed by atoms with E-state index in [2.05, 4.69) is 0 Å². The zero-order chi connectivity index (χ0) is 9.80. The van der Waals surface area contributed by atoms with E-state index in [9.17, 15) is 5.11 Å². The second-order valence-corrected chi connectivity index (χ2v) is 3.48. The van der Waals surface area contributed by atoms with Crippen LogP contribution in [0.1, 0.15) is 6.42 Å². The van der Waals surface area contributed by atoms with E-state index in [1.807, 2.05) is 30.3 Å². The van der Waals surface area contributed by atoms with E-state index in [-0.39, 0.29) is 6.10 Å². The molecule has 0 spiro atoms. The molecular formula is C11H14O3. The van der Waals surface area contributed by atoms with Crippen LogP contribution in [-0.4, -0.2) is 30.5 Å². The first kappa shape index (κ1) is 9.49. The number of aliphatic hydroxyl groups excluding tert-OH is 1. The summed E-state index contributed by atoms with van der Waals surface area (Å²) in [4.78, 5) is 0. The monoisotopic (exact) mass is 194 g/mol. The number of hydrogen-bond acceptors (Lipinski definition) is 3. The normalized spacial score (nSPS) is 27.2. The molecule has 1 N–H and O–H groups in total. The van der Waals surface area contributed by atoms with E-state index in [0.29, 0.717) is 19.6 Å². The Morgan fingerprint density at radius 3 is 2.71 bits per heavy atom. The number of hydrogen-bond donors (Lipinski definition) is 1. The SMILES string of the molecule is OC1COCC(Oc2ccccc2)C1. The molecule has 0 aromatic heterocycles. The highest BCUT2D eigenvalue weighted by Crippen LogP contribution is 2.16. The molecule has 0 radical (unpaired) electrons. The predicted molar refractivity (Wildman–Crippen MR) is 52.3 cm³/mol. The summed E-state index contributed by atoms with van der Waals surface area (Å²) in [5, 5.41) is 9.35. The molecular weight excluding hydrogens is 180 g/mol. The van der Waals surface area contributed by atoms with Crippen LogP contribution in [0.15, 0.2) is 30.3 Å². The number of aliphatic hydroxyl groups is 1. The lowest BCUT2D eigenvalue weighted by Gasteiger charge is -2.26. The van der Waals surface area contributed by atoms with Crippen molar-refractivity contribution in [2.45, 2.75) is 18.6 Å². The van der Waals surface area contributed by atoms with E-state index in [4.69, 9.17) is 9.47 Å². The van der Waals surface area contributed by atoms with Crippen LogP contribution in [0.25, 0.3) is 0 Å². The minimum absolute atomic E-state index is 0.0267. The van der Waals surface area contributed by atoms with E-state index < -0.39 is 6.10 Å².